The maximum absolute atomic E-state index is 12.8. The van der Waals surface area contributed by atoms with Gasteiger partial charge in [0.15, 0.2) is 5.78 Å². The molecule has 0 spiro atoms. The Labute approximate surface area is 126 Å². The summed E-state index contributed by atoms with van der Waals surface area (Å²) in [5.74, 6) is 0.367. The van der Waals surface area contributed by atoms with E-state index < -0.39 is 0 Å². The maximum atomic E-state index is 12.8. The van der Waals surface area contributed by atoms with Gasteiger partial charge in [-0.1, -0.05) is 20.8 Å². The minimum absolute atomic E-state index is 0.0121. The van der Waals surface area contributed by atoms with Crippen LogP contribution in [-0.4, -0.2) is 18.5 Å². The molecule has 21 heavy (non-hydrogen) atoms. The first-order valence-electron chi connectivity index (χ1n) is 7.76. The Morgan fingerprint density at radius 3 is 2.57 bits per heavy atom. The molecular formula is C18H25FO2. The van der Waals surface area contributed by atoms with Crippen molar-refractivity contribution in [3.05, 3.63) is 35.6 Å². The van der Waals surface area contributed by atoms with Gasteiger partial charge in [0.25, 0.3) is 0 Å². The summed E-state index contributed by atoms with van der Waals surface area (Å²) in [6.07, 6.45) is 3.99. The van der Waals surface area contributed by atoms with E-state index in [9.17, 15) is 9.18 Å². The van der Waals surface area contributed by atoms with E-state index in [1.807, 2.05) is 0 Å². The Kier molecular flexibility index (Phi) is 5.15. The zero-order chi connectivity index (χ0) is 15.5. The normalized spacial score (nSPS) is 24.8. The average Bonchev–Trinajstić information content (AvgIpc) is 2.37. The number of Topliss-reactive ketones (excluding diaryl/α,β-unsaturated/α-hetero) is 1. The summed E-state index contributed by atoms with van der Waals surface area (Å²) in [6.45, 7) is 7.27. The molecule has 0 aliphatic heterocycles. The van der Waals surface area contributed by atoms with Gasteiger partial charge >= 0.3 is 0 Å². The van der Waals surface area contributed by atoms with Gasteiger partial charge < -0.3 is 4.74 Å². The lowest BCUT2D eigenvalue weighted by atomic mass is 9.71. The third kappa shape index (κ3) is 4.92. The van der Waals surface area contributed by atoms with Gasteiger partial charge in [-0.25, -0.2) is 4.39 Å². The summed E-state index contributed by atoms with van der Waals surface area (Å²) in [5.41, 5.74) is 0.876. The van der Waals surface area contributed by atoms with Crippen LogP contribution in [0.25, 0.3) is 0 Å². The van der Waals surface area contributed by atoms with Gasteiger partial charge in [-0.3, -0.25) is 4.79 Å². The van der Waals surface area contributed by atoms with Crippen LogP contribution < -0.4 is 0 Å². The first-order chi connectivity index (χ1) is 9.85. The Balaban J connectivity index is 1.78. The van der Waals surface area contributed by atoms with E-state index >= 15 is 0 Å². The molecule has 2 unspecified atom stereocenters. The van der Waals surface area contributed by atoms with Crippen LogP contribution >= 0.6 is 0 Å². The molecule has 0 aromatic heterocycles. The van der Waals surface area contributed by atoms with Crippen LogP contribution in [-0.2, 0) is 4.74 Å². The molecule has 1 aromatic carbocycles. The summed E-state index contributed by atoms with van der Waals surface area (Å²) < 4.78 is 18.7. The highest BCUT2D eigenvalue weighted by molar-refractivity contribution is 5.96. The van der Waals surface area contributed by atoms with Crippen molar-refractivity contribution in [2.45, 2.75) is 52.6 Å². The number of carbonyl (C=O) groups excluding carboxylic acids is 1. The molecule has 0 saturated heterocycles. The summed E-state index contributed by atoms with van der Waals surface area (Å²) in [4.78, 5) is 12.0. The standard InChI is InChI=1S/C18H25FO2/c1-13-10-16(12-18(2,3)11-13)21-9-8-17(20)14-4-6-15(19)7-5-14/h4-7,13,16H,8-12H2,1-3H3. The minimum Gasteiger partial charge on any atom is -0.378 e. The Hall–Kier alpha value is -1.22. The van der Waals surface area contributed by atoms with Crippen LogP contribution in [0.4, 0.5) is 4.39 Å². The molecule has 2 nitrogen and oxygen atoms in total. The zero-order valence-electron chi connectivity index (χ0n) is 13.2. The van der Waals surface area contributed by atoms with Gasteiger partial charge in [0, 0.05) is 12.0 Å². The van der Waals surface area contributed by atoms with Gasteiger partial charge in [0.2, 0.25) is 0 Å². The van der Waals surface area contributed by atoms with Gasteiger partial charge in [0.1, 0.15) is 5.82 Å². The van der Waals surface area contributed by atoms with E-state index in [1.54, 1.807) is 0 Å². The van der Waals surface area contributed by atoms with Crippen LogP contribution in [0.15, 0.2) is 24.3 Å². The summed E-state index contributed by atoms with van der Waals surface area (Å²) >= 11 is 0. The lowest BCUT2D eigenvalue weighted by Crippen LogP contribution is -2.33. The average molecular weight is 292 g/mol. The Morgan fingerprint density at radius 1 is 1.29 bits per heavy atom. The number of hydrogen-bond donors (Lipinski definition) is 0. The third-order valence-corrected chi connectivity index (χ3v) is 4.20. The van der Waals surface area contributed by atoms with E-state index in [0.29, 0.717) is 29.9 Å². The van der Waals surface area contributed by atoms with Crippen molar-refractivity contribution in [3.8, 4) is 0 Å². The number of halogens is 1. The van der Waals surface area contributed by atoms with E-state index in [2.05, 4.69) is 20.8 Å². The minimum atomic E-state index is -0.318. The first kappa shape index (κ1) is 16.2. The van der Waals surface area contributed by atoms with E-state index in [-0.39, 0.29) is 17.7 Å². The van der Waals surface area contributed by atoms with Gasteiger partial charge in [-0.15, -0.1) is 0 Å². The zero-order valence-corrected chi connectivity index (χ0v) is 13.2. The molecule has 0 heterocycles. The first-order valence-corrected chi connectivity index (χ1v) is 7.76. The number of ether oxygens (including phenoxy) is 1. The van der Waals surface area contributed by atoms with Crippen LogP contribution in [0.1, 0.15) is 56.8 Å². The molecule has 1 aliphatic carbocycles. The van der Waals surface area contributed by atoms with E-state index in [4.69, 9.17) is 4.74 Å². The number of hydrogen-bond acceptors (Lipinski definition) is 2. The summed E-state index contributed by atoms with van der Waals surface area (Å²) in [7, 11) is 0. The molecule has 0 amide bonds. The van der Waals surface area contributed by atoms with Crippen molar-refractivity contribution in [1.82, 2.24) is 0 Å². The number of benzene rings is 1. The second kappa shape index (κ2) is 6.69. The molecule has 2 rings (SSSR count). The molecule has 116 valence electrons. The van der Waals surface area contributed by atoms with Crippen molar-refractivity contribution in [3.63, 3.8) is 0 Å². The molecule has 1 aliphatic rings. The molecule has 1 aromatic rings. The predicted molar refractivity (Wildman–Crippen MR) is 81.9 cm³/mol. The highest BCUT2D eigenvalue weighted by Crippen LogP contribution is 2.39. The highest BCUT2D eigenvalue weighted by atomic mass is 19.1. The fourth-order valence-electron chi connectivity index (χ4n) is 3.48. The topological polar surface area (TPSA) is 26.3 Å². The van der Waals surface area contributed by atoms with Crippen LogP contribution in [0, 0.1) is 17.2 Å². The van der Waals surface area contributed by atoms with Crippen LogP contribution in [0.5, 0.6) is 0 Å². The lowest BCUT2D eigenvalue weighted by molar-refractivity contribution is -0.0219. The fraction of sp³-hybridized carbons (Fsp3) is 0.611. The summed E-state index contributed by atoms with van der Waals surface area (Å²) in [5, 5.41) is 0. The predicted octanol–water partition coefficient (Wildman–Crippen LogP) is 4.63. The van der Waals surface area contributed by atoms with Gasteiger partial charge in [-0.05, 0) is 54.9 Å². The van der Waals surface area contributed by atoms with Crippen molar-refractivity contribution >= 4 is 5.78 Å². The fourth-order valence-corrected chi connectivity index (χ4v) is 3.48. The number of carbonyl (C=O) groups is 1. The largest absolute Gasteiger partial charge is 0.378 e. The Bertz CT molecular complexity index is 478. The second-order valence-corrected chi connectivity index (χ2v) is 7.09. The van der Waals surface area contributed by atoms with Gasteiger partial charge in [0.05, 0.1) is 12.7 Å². The maximum Gasteiger partial charge on any atom is 0.165 e. The SMILES string of the molecule is CC1CC(OCCC(=O)c2ccc(F)cc2)CC(C)(C)C1. The Morgan fingerprint density at radius 2 is 1.95 bits per heavy atom. The third-order valence-electron chi connectivity index (χ3n) is 4.20. The molecular weight excluding hydrogens is 267 g/mol. The molecule has 1 fully saturated rings. The smallest absolute Gasteiger partial charge is 0.165 e. The van der Waals surface area contributed by atoms with Crippen molar-refractivity contribution in [1.29, 1.82) is 0 Å². The number of ketones is 1. The molecule has 0 bridgehead atoms. The molecule has 0 N–H and O–H groups in total. The van der Waals surface area contributed by atoms with E-state index in [0.717, 1.165) is 12.8 Å². The van der Waals surface area contributed by atoms with Crippen molar-refractivity contribution < 1.29 is 13.9 Å². The lowest BCUT2D eigenvalue weighted by Gasteiger charge is -2.38. The van der Waals surface area contributed by atoms with Crippen LogP contribution in [0.3, 0.4) is 0 Å². The van der Waals surface area contributed by atoms with E-state index in [1.165, 1.54) is 30.7 Å². The summed E-state index contributed by atoms with van der Waals surface area (Å²) in [6, 6.07) is 5.70. The van der Waals surface area contributed by atoms with Crippen LogP contribution in [0.2, 0.25) is 0 Å². The number of rotatable bonds is 5. The molecule has 2 atom stereocenters. The second-order valence-electron chi connectivity index (χ2n) is 7.09. The molecule has 1 saturated carbocycles. The molecule has 0 radical (unpaired) electrons. The van der Waals surface area contributed by atoms with Crippen molar-refractivity contribution in [2.24, 2.45) is 11.3 Å². The highest BCUT2D eigenvalue weighted by Gasteiger charge is 2.32. The van der Waals surface area contributed by atoms with Gasteiger partial charge in [-0.2, -0.15) is 0 Å². The molecule has 3 heteroatoms. The van der Waals surface area contributed by atoms with Crippen molar-refractivity contribution in [2.75, 3.05) is 6.61 Å². The monoisotopic (exact) mass is 292 g/mol. The quantitative estimate of drug-likeness (QED) is 0.740.